The van der Waals surface area contributed by atoms with Crippen molar-refractivity contribution in [2.24, 2.45) is 5.92 Å². The topological polar surface area (TPSA) is 32.8 Å². The van der Waals surface area contributed by atoms with Crippen LogP contribution in [0.1, 0.15) is 54.9 Å². The molecular formula is C22H34N2O2. The zero-order chi connectivity index (χ0) is 18.4. The van der Waals surface area contributed by atoms with E-state index in [0.29, 0.717) is 12.0 Å². The van der Waals surface area contributed by atoms with Crippen LogP contribution in [0.5, 0.6) is 0 Å². The summed E-state index contributed by atoms with van der Waals surface area (Å²) in [5.74, 6) is 0.873. The van der Waals surface area contributed by atoms with Gasteiger partial charge in [0.15, 0.2) is 0 Å². The van der Waals surface area contributed by atoms with Gasteiger partial charge in [-0.05, 0) is 50.8 Å². The van der Waals surface area contributed by atoms with Gasteiger partial charge in [0.25, 0.3) is 5.91 Å². The molecule has 1 heterocycles. The van der Waals surface area contributed by atoms with Crippen LogP contribution in [0.25, 0.3) is 0 Å². The molecular weight excluding hydrogens is 324 g/mol. The number of carbonyl (C=O) groups excluding carboxylic acids is 1. The maximum absolute atomic E-state index is 12.8. The van der Waals surface area contributed by atoms with Crippen molar-refractivity contribution in [2.75, 3.05) is 39.3 Å². The Labute approximate surface area is 158 Å². The molecule has 4 nitrogen and oxygen atoms in total. The summed E-state index contributed by atoms with van der Waals surface area (Å²) in [6.45, 7) is 9.83. The van der Waals surface area contributed by atoms with Crippen LogP contribution in [-0.4, -0.2) is 61.1 Å². The highest BCUT2D eigenvalue weighted by Gasteiger charge is 2.23. The zero-order valence-corrected chi connectivity index (χ0v) is 16.5. The first kappa shape index (κ1) is 19.4. The molecule has 1 amide bonds. The van der Waals surface area contributed by atoms with Gasteiger partial charge in [-0.3, -0.25) is 9.69 Å². The summed E-state index contributed by atoms with van der Waals surface area (Å²) in [5, 5.41) is 0. The van der Waals surface area contributed by atoms with Crippen LogP contribution < -0.4 is 0 Å². The number of aryl methyl sites for hydroxylation is 1. The molecule has 0 aromatic heterocycles. The molecule has 2 unspecified atom stereocenters. The van der Waals surface area contributed by atoms with Crippen molar-refractivity contribution in [2.45, 2.75) is 52.1 Å². The first-order valence-electron chi connectivity index (χ1n) is 10.3. The van der Waals surface area contributed by atoms with Crippen molar-refractivity contribution in [3.05, 3.63) is 35.4 Å². The predicted molar refractivity (Wildman–Crippen MR) is 106 cm³/mol. The quantitative estimate of drug-likeness (QED) is 0.804. The van der Waals surface area contributed by atoms with Gasteiger partial charge in [0.2, 0.25) is 0 Å². The van der Waals surface area contributed by atoms with Crippen LogP contribution in [-0.2, 0) is 4.74 Å². The lowest BCUT2D eigenvalue weighted by Gasteiger charge is -2.30. The van der Waals surface area contributed by atoms with Gasteiger partial charge < -0.3 is 9.64 Å². The number of hydrogen-bond acceptors (Lipinski definition) is 3. The molecule has 2 atom stereocenters. The number of hydrogen-bond donors (Lipinski definition) is 0. The summed E-state index contributed by atoms with van der Waals surface area (Å²) in [6, 6.07) is 7.92. The van der Waals surface area contributed by atoms with Gasteiger partial charge in [0, 0.05) is 31.7 Å². The highest BCUT2D eigenvalue weighted by atomic mass is 16.5. The van der Waals surface area contributed by atoms with Gasteiger partial charge in [0.1, 0.15) is 0 Å². The fourth-order valence-corrected chi connectivity index (χ4v) is 4.22. The van der Waals surface area contributed by atoms with E-state index < -0.39 is 0 Å². The van der Waals surface area contributed by atoms with Gasteiger partial charge in [-0.1, -0.05) is 37.5 Å². The summed E-state index contributed by atoms with van der Waals surface area (Å²) in [4.78, 5) is 17.2. The number of nitrogens with zero attached hydrogens (tertiary/aromatic N) is 2. The summed E-state index contributed by atoms with van der Waals surface area (Å²) in [5.41, 5.74) is 1.95. The Hall–Kier alpha value is -1.39. The molecule has 1 saturated carbocycles. The van der Waals surface area contributed by atoms with Crippen LogP contribution in [0.2, 0.25) is 0 Å². The summed E-state index contributed by atoms with van der Waals surface area (Å²) in [7, 11) is 0. The Morgan fingerprint density at radius 3 is 2.77 bits per heavy atom. The van der Waals surface area contributed by atoms with Crippen molar-refractivity contribution >= 4 is 5.91 Å². The Balaban J connectivity index is 1.43. The third-order valence-corrected chi connectivity index (χ3v) is 5.91. The highest BCUT2D eigenvalue weighted by molar-refractivity contribution is 5.94. The Bertz CT molecular complexity index is 589. The molecule has 26 heavy (non-hydrogen) atoms. The van der Waals surface area contributed by atoms with E-state index in [4.69, 9.17) is 4.74 Å². The third kappa shape index (κ3) is 5.31. The standard InChI is InChI=1S/C22H34N2O2/c1-18-7-5-9-20(17-18)22(25)24-12-6-11-23(13-14-24)15-16-26-21-10-4-3-8-19(21)2/h5,7,9,17,19,21H,3-4,6,8,10-16H2,1-2H3. The molecule has 144 valence electrons. The molecule has 1 saturated heterocycles. The molecule has 4 heteroatoms. The van der Waals surface area contributed by atoms with Crippen molar-refractivity contribution in [1.82, 2.24) is 9.80 Å². The SMILES string of the molecule is Cc1cccc(C(=O)N2CCCN(CCOC3CCCCC3C)CC2)c1. The molecule has 2 aliphatic rings. The first-order valence-corrected chi connectivity index (χ1v) is 10.3. The molecule has 0 spiro atoms. The van der Waals surface area contributed by atoms with Gasteiger partial charge in [-0.2, -0.15) is 0 Å². The molecule has 0 bridgehead atoms. The predicted octanol–water partition coefficient (Wildman–Crippen LogP) is 3.74. The van der Waals surface area contributed by atoms with Crippen LogP contribution >= 0.6 is 0 Å². The van der Waals surface area contributed by atoms with Crippen LogP contribution in [0.4, 0.5) is 0 Å². The van der Waals surface area contributed by atoms with E-state index in [-0.39, 0.29) is 5.91 Å². The number of amides is 1. The smallest absolute Gasteiger partial charge is 0.253 e. The lowest BCUT2D eigenvalue weighted by molar-refractivity contribution is -0.0134. The van der Waals surface area contributed by atoms with Crippen molar-refractivity contribution in [1.29, 1.82) is 0 Å². The summed E-state index contributed by atoms with van der Waals surface area (Å²) < 4.78 is 6.17. The molecule has 1 aliphatic carbocycles. The minimum atomic E-state index is 0.169. The fraction of sp³-hybridized carbons (Fsp3) is 0.682. The second-order valence-corrected chi connectivity index (χ2v) is 8.03. The minimum Gasteiger partial charge on any atom is -0.377 e. The maximum Gasteiger partial charge on any atom is 0.253 e. The Kier molecular flexibility index (Phi) is 7.09. The second-order valence-electron chi connectivity index (χ2n) is 8.03. The van der Waals surface area contributed by atoms with Crippen molar-refractivity contribution < 1.29 is 9.53 Å². The minimum absolute atomic E-state index is 0.169. The Morgan fingerprint density at radius 1 is 1.12 bits per heavy atom. The largest absolute Gasteiger partial charge is 0.377 e. The molecule has 1 aromatic carbocycles. The van der Waals surface area contributed by atoms with E-state index in [1.165, 1.54) is 25.7 Å². The Morgan fingerprint density at radius 2 is 1.96 bits per heavy atom. The van der Waals surface area contributed by atoms with Crippen molar-refractivity contribution in [3.8, 4) is 0 Å². The zero-order valence-electron chi connectivity index (χ0n) is 16.5. The van der Waals surface area contributed by atoms with Crippen LogP contribution in [0, 0.1) is 12.8 Å². The lowest BCUT2D eigenvalue weighted by atomic mass is 9.88. The molecule has 1 aromatic rings. The summed E-state index contributed by atoms with van der Waals surface area (Å²) >= 11 is 0. The monoisotopic (exact) mass is 358 g/mol. The average Bonchev–Trinajstić information content (AvgIpc) is 2.88. The highest BCUT2D eigenvalue weighted by Crippen LogP contribution is 2.26. The second kappa shape index (κ2) is 9.52. The third-order valence-electron chi connectivity index (χ3n) is 5.91. The number of rotatable bonds is 5. The fourth-order valence-electron chi connectivity index (χ4n) is 4.22. The van der Waals surface area contributed by atoms with E-state index in [1.54, 1.807) is 0 Å². The van der Waals surface area contributed by atoms with Gasteiger partial charge in [0.05, 0.1) is 12.7 Å². The average molecular weight is 359 g/mol. The normalized spacial score (nSPS) is 25.1. The maximum atomic E-state index is 12.8. The van der Waals surface area contributed by atoms with E-state index in [2.05, 4.69) is 11.8 Å². The van der Waals surface area contributed by atoms with E-state index in [1.807, 2.05) is 36.1 Å². The van der Waals surface area contributed by atoms with Crippen LogP contribution in [0.15, 0.2) is 24.3 Å². The van der Waals surface area contributed by atoms with Crippen molar-refractivity contribution in [3.63, 3.8) is 0 Å². The van der Waals surface area contributed by atoms with Gasteiger partial charge in [-0.15, -0.1) is 0 Å². The summed E-state index contributed by atoms with van der Waals surface area (Å²) in [6.07, 6.45) is 6.70. The first-order chi connectivity index (χ1) is 12.6. The van der Waals surface area contributed by atoms with Crippen LogP contribution in [0.3, 0.4) is 0 Å². The lowest BCUT2D eigenvalue weighted by Crippen LogP contribution is -2.36. The number of benzene rings is 1. The van der Waals surface area contributed by atoms with E-state index in [9.17, 15) is 4.79 Å². The molecule has 3 rings (SSSR count). The number of ether oxygens (including phenoxy) is 1. The van der Waals surface area contributed by atoms with Gasteiger partial charge >= 0.3 is 0 Å². The van der Waals surface area contributed by atoms with E-state index in [0.717, 1.165) is 56.9 Å². The van der Waals surface area contributed by atoms with E-state index >= 15 is 0 Å². The number of carbonyl (C=O) groups is 1. The molecule has 0 N–H and O–H groups in total. The molecule has 0 radical (unpaired) electrons. The molecule has 2 fully saturated rings. The molecule has 1 aliphatic heterocycles. The van der Waals surface area contributed by atoms with Gasteiger partial charge in [-0.25, -0.2) is 0 Å².